The molecule has 1 saturated carbocycles. The van der Waals surface area contributed by atoms with Gasteiger partial charge in [-0.05, 0) is 43.2 Å². The summed E-state index contributed by atoms with van der Waals surface area (Å²) in [5.74, 6) is 0.236. The molecule has 2 fully saturated rings. The summed E-state index contributed by atoms with van der Waals surface area (Å²) < 4.78 is 18.0. The van der Waals surface area contributed by atoms with Gasteiger partial charge in [0.15, 0.2) is 6.10 Å². The number of quaternary nitrogens is 1. The van der Waals surface area contributed by atoms with Crippen LogP contribution in [-0.2, 0) is 19.9 Å². The molecule has 1 aromatic carbocycles. The number of hydrogen-bond acceptors (Lipinski definition) is 8. The summed E-state index contributed by atoms with van der Waals surface area (Å²) in [6.45, 7) is 2.59. The zero-order chi connectivity index (χ0) is 26.7. The molecule has 1 aromatic heterocycles. The summed E-state index contributed by atoms with van der Waals surface area (Å²) in [7, 11) is 2.17. The first kappa shape index (κ1) is 28.2. The number of nitriles is 1. The molecule has 2 aliphatic rings. The molecule has 9 heteroatoms. The maximum absolute atomic E-state index is 13.3. The lowest BCUT2D eigenvalue weighted by Gasteiger charge is -2.35. The Hall–Kier alpha value is -3.35. The van der Waals surface area contributed by atoms with Crippen molar-refractivity contribution in [3.05, 3.63) is 54.0 Å². The van der Waals surface area contributed by atoms with Crippen LogP contribution in [0.2, 0.25) is 0 Å². The number of aliphatic hydroxyl groups is 1. The number of ether oxygens (including phenoxy) is 2. The molecule has 0 spiro atoms. The van der Waals surface area contributed by atoms with Gasteiger partial charge in [-0.2, -0.15) is 5.26 Å². The van der Waals surface area contributed by atoms with Crippen LogP contribution in [0.15, 0.2) is 47.1 Å². The Morgan fingerprint density at radius 2 is 2.03 bits per heavy atom. The van der Waals surface area contributed by atoms with E-state index >= 15 is 0 Å². The Morgan fingerprint density at radius 3 is 2.70 bits per heavy atom. The van der Waals surface area contributed by atoms with Crippen molar-refractivity contribution in [3.63, 3.8) is 0 Å². The highest BCUT2D eigenvalue weighted by atomic mass is 16.6. The summed E-state index contributed by atoms with van der Waals surface area (Å²) in [5.41, 5.74) is -1.13. The fourth-order valence-corrected chi connectivity index (χ4v) is 5.45. The summed E-state index contributed by atoms with van der Waals surface area (Å²) in [5, 5.41) is 28.8. The summed E-state index contributed by atoms with van der Waals surface area (Å²) in [6.07, 6.45) is 7.62. The second-order valence-electron chi connectivity index (χ2n) is 10.1. The smallest absolute Gasteiger partial charge is 0.346 e. The van der Waals surface area contributed by atoms with Crippen molar-refractivity contribution >= 4 is 12.4 Å². The first-order chi connectivity index (χ1) is 17.8. The van der Waals surface area contributed by atoms with E-state index in [1.54, 1.807) is 24.3 Å². The minimum absolute atomic E-state index is 0.182. The molecule has 9 nitrogen and oxygen atoms in total. The predicted molar refractivity (Wildman–Crippen MR) is 132 cm³/mol. The number of esters is 1. The standard InChI is InChI=1S/C27H35N2O5.CH2O2/c1-29(14-7-17-32-23-11-5-8-21(18-23)19-28)15-13-24(20-29)34-26(30)27(31,25-12-6-16-33-25)22-9-3-2-4-10-22;2-1-3/h5-6,8,11-12,16,18,22,24,31H,2-4,7,9-10,13-15,17,20H2,1H3;1H,(H,2,3)/q+1;/p-1/t24-,27?,29?;/m1./s1. The normalized spacial score (nSPS) is 23.1. The van der Waals surface area contributed by atoms with Crippen LogP contribution in [0.4, 0.5) is 0 Å². The van der Waals surface area contributed by atoms with E-state index in [0.29, 0.717) is 24.5 Å². The van der Waals surface area contributed by atoms with E-state index in [4.69, 9.17) is 29.1 Å². The topological polar surface area (TPSA) is 133 Å². The molecular weight excluding hydrogens is 476 g/mol. The Morgan fingerprint density at radius 1 is 1.27 bits per heavy atom. The maximum atomic E-state index is 13.3. The molecule has 1 aliphatic heterocycles. The monoisotopic (exact) mass is 512 g/mol. The van der Waals surface area contributed by atoms with E-state index in [1.165, 1.54) is 6.26 Å². The minimum Gasteiger partial charge on any atom is -0.554 e. The molecule has 2 aromatic rings. The van der Waals surface area contributed by atoms with Crippen molar-refractivity contribution in [2.24, 2.45) is 5.92 Å². The molecule has 1 aliphatic carbocycles. The molecule has 2 heterocycles. The average Bonchev–Trinajstić information content (AvgIpc) is 3.58. The van der Waals surface area contributed by atoms with Crippen LogP contribution in [0.25, 0.3) is 0 Å². The van der Waals surface area contributed by atoms with Gasteiger partial charge in [0.05, 0.1) is 44.6 Å². The third kappa shape index (κ3) is 7.34. The number of nitrogens with zero attached hydrogens (tertiary/aromatic N) is 2. The van der Waals surface area contributed by atoms with Crippen LogP contribution in [0.1, 0.15) is 56.3 Å². The van der Waals surface area contributed by atoms with Gasteiger partial charge in [0, 0.05) is 25.2 Å². The fourth-order valence-electron chi connectivity index (χ4n) is 5.45. The van der Waals surface area contributed by atoms with E-state index in [1.807, 2.05) is 12.1 Å². The van der Waals surface area contributed by atoms with Crippen LogP contribution in [0.3, 0.4) is 0 Å². The Bertz CT molecular complexity index is 1050. The second-order valence-corrected chi connectivity index (χ2v) is 10.1. The highest BCUT2D eigenvalue weighted by Gasteiger charge is 2.51. The highest BCUT2D eigenvalue weighted by molar-refractivity contribution is 5.81. The first-order valence-electron chi connectivity index (χ1n) is 12.8. The molecule has 3 atom stereocenters. The molecule has 1 saturated heterocycles. The van der Waals surface area contributed by atoms with Gasteiger partial charge in [-0.25, -0.2) is 4.79 Å². The van der Waals surface area contributed by atoms with Crippen molar-refractivity contribution < 1.29 is 38.2 Å². The lowest BCUT2D eigenvalue weighted by Crippen LogP contribution is -2.47. The molecule has 200 valence electrons. The van der Waals surface area contributed by atoms with Gasteiger partial charge in [-0.3, -0.25) is 0 Å². The number of rotatable bonds is 9. The summed E-state index contributed by atoms with van der Waals surface area (Å²) in [6, 6.07) is 12.7. The highest BCUT2D eigenvalue weighted by Crippen LogP contribution is 2.41. The quantitative estimate of drug-likeness (QED) is 0.235. The Labute approximate surface area is 217 Å². The van der Waals surface area contributed by atoms with Gasteiger partial charge in [-0.1, -0.05) is 25.3 Å². The van der Waals surface area contributed by atoms with Crippen molar-refractivity contribution in [2.45, 2.75) is 56.7 Å². The lowest BCUT2D eigenvalue weighted by atomic mass is 9.75. The van der Waals surface area contributed by atoms with Crippen molar-refractivity contribution in [3.8, 4) is 11.8 Å². The number of furan rings is 1. The molecule has 2 unspecified atom stereocenters. The van der Waals surface area contributed by atoms with E-state index < -0.39 is 18.0 Å². The van der Waals surface area contributed by atoms with Crippen LogP contribution < -0.4 is 9.84 Å². The van der Waals surface area contributed by atoms with Crippen LogP contribution in [0.5, 0.6) is 5.75 Å². The first-order valence-corrected chi connectivity index (χ1v) is 12.8. The number of carbonyl (C=O) groups is 2. The molecule has 0 bridgehead atoms. The van der Waals surface area contributed by atoms with Gasteiger partial charge < -0.3 is 33.4 Å². The van der Waals surface area contributed by atoms with Crippen LogP contribution in [-0.4, -0.2) is 61.4 Å². The zero-order valence-electron chi connectivity index (χ0n) is 21.3. The van der Waals surface area contributed by atoms with Gasteiger partial charge in [-0.15, -0.1) is 0 Å². The van der Waals surface area contributed by atoms with Gasteiger partial charge in [0.1, 0.15) is 18.1 Å². The van der Waals surface area contributed by atoms with Crippen LogP contribution in [0, 0.1) is 17.2 Å². The van der Waals surface area contributed by atoms with E-state index in [9.17, 15) is 9.90 Å². The number of hydrogen-bond donors (Lipinski definition) is 1. The lowest BCUT2D eigenvalue weighted by molar-refractivity contribution is -0.899. The molecule has 37 heavy (non-hydrogen) atoms. The third-order valence-electron chi connectivity index (χ3n) is 7.39. The summed E-state index contributed by atoms with van der Waals surface area (Å²) >= 11 is 0. The van der Waals surface area contributed by atoms with E-state index in [-0.39, 0.29) is 17.8 Å². The number of carbonyl (C=O) groups excluding carboxylic acids is 2. The van der Waals surface area contributed by atoms with Crippen molar-refractivity contribution in [1.29, 1.82) is 5.26 Å². The summed E-state index contributed by atoms with van der Waals surface area (Å²) in [4.78, 5) is 21.6. The average molecular weight is 513 g/mol. The largest absolute Gasteiger partial charge is 0.554 e. The van der Waals surface area contributed by atoms with Gasteiger partial charge in [0.2, 0.25) is 5.60 Å². The third-order valence-corrected chi connectivity index (χ3v) is 7.39. The molecule has 4 rings (SSSR count). The Kier molecular flexibility index (Phi) is 10.1. The maximum Gasteiger partial charge on any atom is 0.346 e. The number of carboxylic acid groups (broad SMARTS) is 1. The number of likely N-dealkylation sites (tertiary alicyclic amines) is 1. The molecule has 1 N–H and O–H groups in total. The number of benzene rings is 1. The van der Waals surface area contributed by atoms with Gasteiger partial charge >= 0.3 is 5.97 Å². The van der Waals surface area contributed by atoms with E-state index in [2.05, 4.69) is 13.1 Å². The molecular formula is C28H36N2O7. The van der Waals surface area contributed by atoms with Crippen molar-refractivity contribution in [2.75, 3.05) is 33.3 Å². The van der Waals surface area contributed by atoms with E-state index in [0.717, 1.165) is 62.5 Å². The van der Waals surface area contributed by atoms with Gasteiger partial charge in [0.25, 0.3) is 0 Å². The minimum atomic E-state index is -1.72. The second kappa shape index (κ2) is 13.3. The predicted octanol–water partition coefficient (Wildman–Crippen LogP) is 2.52. The fraction of sp³-hybridized carbons (Fsp3) is 0.536. The van der Waals surface area contributed by atoms with Crippen molar-refractivity contribution in [1.82, 2.24) is 0 Å². The number of likely N-dealkylation sites (N-methyl/N-ethyl adjacent to an activating group) is 1. The molecule has 0 radical (unpaired) electrons. The zero-order valence-corrected chi connectivity index (χ0v) is 21.3. The van der Waals surface area contributed by atoms with Crippen LogP contribution >= 0.6 is 0 Å². The molecule has 0 amide bonds. The SMILES string of the molecule is C[N+]1(CCCOc2cccc(C#N)c2)CC[C@@H](OC(=O)C(O)(c2ccco2)C2CCCCC2)C1.O=C[O-]. The Balaban J connectivity index is 0.00000121.